The standard InChI is InChI=1S/C8H13N5O3/c1-2-6(14)9-5(3-4-7(15)16)8-10-12-13-11-8/h5H,2-4H2,1H3,(H,9,14)(H,15,16)(H,10,11,12,13). The third-order valence-electron chi connectivity index (χ3n) is 1.98. The van der Waals surface area contributed by atoms with Crippen molar-refractivity contribution in [3.05, 3.63) is 5.82 Å². The Balaban J connectivity index is 2.62. The van der Waals surface area contributed by atoms with Crippen LogP contribution in [0.1, 0.15) is 38.1 Å². The predicted molar refractivity (Wildman–Crippen MR) is 52.2 cm³/mol. The Morgan fingerprint density at radius 1 is 1.56 bits per heavy atom. The molecule has 0 saturated heterocycles. The average molecular weight is 227 g/mol. The number of amides is 1. The van der Waals surface area contributed by atoms with E-state index in [1.807, 2.05) is 0 Å². The molecule has 16 heavy (non-hydrogen) atoms. The van der Waals surface area contributed by atoms with Crippen molar-refractivity contribution < 1.29 is 14.7 Å². The number of aromatic nitrogens is 4. The van der Waals surface area contributed by atoms with E-state index >= 15 is 0 Å². The number of tetrazole rings is 1. The molecule has 1 aromatic rings. The molecule has 0 aliphatic carbocycles. The predicted octanol–water partition coefficient (Wildman–Crippen LogP) is -0.368. The van der Waals surface area contributed by atoms with Crippen LogP contribution in [0.3, 0.4) is 0 Å². The lowest BCUT2D eigenvalue weighted by Crippen LogP contribution is -2.29. The largest absolute Gasteiger partial charge is 0.481 e. The van der Waals surface area contributed by atoms with E-state index in [9.17, 15) is 9.59 Å². The Bertz CT molecular complexity index is 351. The Kier molecular flexibility index (Phi) is 4.37. The lowest BCUT2D eigenvalue weighted by molar-refractivity contribution is -0.137. The molecule has 0 aliphatic heterocycles. The molecule has 1 heterocycles. The number of rotatable bonds is 6. The minimum absolute atomic E-state index is 0.0663. The molecule has 1 rings (SSSR count). The van der Waals surface area contributed by atoms with Gasteiger partial charge in [-0.3, -0.25) is 9.59 Å². The fraction of sp³-hybridized carbons (Fsp3) is 0.625. The van der Waals surface area contributed by atoms with Gasteiger partial charge in [-0.05, 0) is 6.42 Å². The van der Waals surface area contributed by atoms with Crippen molar-refractivity contribution in [2.75, 3.05) is 0 Å². The fourth-order valence-corrected chi connectivity index (χ4v) is 1.15. The van der Waals surface area contributed by atoms with Crippen molar-refractivity contribution in [1.82, 2.24) is 25.9 Å². The van der Waals surface area contributed by atoms with Gasteiger partial charge in [-0.2, -0.15) is 5.21 Å². The maximum Gasteiger partial charge on any atom is 0.303 e. The van der Waals surface area contributed by atoms with Crippen LogP contribution in [-0.2, 0) is 9.59 Å². The topological polar surface area (TPSA) is 121 Å². The van der Waals surface area contributed by atoms with E-state index in [0.29, 0.717) is 12.2 Å². The van der Waals surface area contributed by atoms with E-state index in [1.165, 1.54) is 0 Å². The number of H-pyrrole nitrogens is 1. The zero-order valence-corrected chi connectivity index (χ0v) is 8.80. The SMILES string of the molecule is CCC(=O)NC(CCC(=O)O)c1nn[nH]n1. The number of carbonyl (C=O) groups excluding carboxylic acids is 1. The first kappa shape index (κ1) is 12.1. The number of aromatic amines is 1. The molecule has 8 heteroatoms. The van der Waals surface area contributed by atoms with Gasteiger partial charge < -0.3 is 10.4 Å². The van der Waals surface area contributed by atoms with Gasteiger partial charge in [0, 0.05) is 12.8 Å². The zero-order valence-electron chi connectivity index (χ0n) is 8.80. The molecule has 1 amide bonds. The minimum atomic E-state index is -0.931. The number of nitrogens with zero attached hydrogens (tertiary/aromatic N) is 3. The number of carboxylic acid groups (broad SMARTS) is 1. The lowest BCUT2D eigenvalue weighted by Gasteiger charge is -2.13. The van der Waals surface area contributed by atoms with Gasteiger partial charge in [-0.15, -0.1) is 10.2 Å². The summed E-state index contributed by atoms with van der Waals surface area (Å²) in [6.45, 7) is 1.71. The van der Waals surface area contributed by atoms with Gasteiger partial charge in [-0.25, -0.2) is 0 Å². The van der Waals surface area contributed by atoms with Crippen LogP contribution in [0.25, 0.3) is 0 Å². The molecular formula is C8H13N5O3. The average Bonchev–Trinajstić information content (AvgIpc) is 2.76. The molecule has 1 aromatic heterocycles. The van der Waals surface area contributed by atoms with E-state index < -0.39 is 12.0 Å². The van der Waals surface area contributed by atoms with Gasteiger partial charge in [0.05, 0.1) is 6.04 Å². The second-order valence-corrected chi connectivity index (χ2v) is 3.18. The van der Waals surface area contributed by atoms with Crippen LogP contribution in [0, 0.1) is 0 Å². The number of carboxylic acids is 1. The summed E-state index contributed by atoms with van der Waals surface area (Å²) in [4.78, 5) is 21.7. The van der Waals surface area contributed by atoms with Gasteiger partial charge in [0.15, 0.2) is 5.82 Å². The smallest absolute Gasteiger partial charge is 0.303 e. The molecule has 1 atom stereocenters. The normalized spacial score (nSPS) is 12.1. The Morgan fingerprint density at radius 2 is 2.31 bits per heavy atom. The molecule has 1 unspecified atom stereocenters. The molecule has 0 bridgehead atoms. The molecule has 3 N–H and O–H groups in total. The first-order valence-electron chi connectivity index (χ1n) is 4.88. The summed E-state index contributed by atoms with van der Waals surface area (Å²) < 4.78 is 0. The molecule has 0 aliphatic rings. The number of hydrogen-bond acceptors (Lipinski definition) is 5. The first-order valence-corrected chi connectivity index (χ1v) is 4.88. The van der Waals surface area contributed by atoms with Gasteiger partial charge in [0.25, 0.3) is 0 Å². The van der Waals surface area contributed by atoms with Crippen LogP contribution < -0.4 is 5.32 Å². The summed E-state index contributed by atoms with van der Waals surface area (Å²) in [7, 11) is 0. The maximum absolute atomic E-state index is 11.2. The first-order chi connectivity index (χ1) is 7.63. The van der Waals surface area contributed by atoms with Crippen molar-refractivity contribution >= 4 is 11.9 Å². The molecule has 88 valence electrons. The van der Waals surface area contributed by atoms with Crippen LogP contribution in [0.5, 0.6) is 0 Å². The highest BCUT2D eigenvalue weighted by atomic mass is 16.4. The summed E-state index contributed by atoms with van der Waals surface area (Å²) >= 11 is 0. The van der Waals surface area contributed by atoms with Crippen LogP contribution in [0.2, 0.25) is 0 Å². The van der Waals surface area contributed by atoms with Gasteiger partial charge in [0.1, 0.15) is 0 Å². The molecule has 0 radical (unpaired) electrons. The number of hydrogen-bond donors (Lipinski definition) is 3. The quantitative estimate of drug-likeness (QED) is 0.609. The summed E-state index contributed by atoms with van der Waals surface area (Å²) in [5.41, 5.74) is 0. The third kappa shape index (κ3) is 3.64. The number of nitrogens with one attached hydrogen (secondary N) is 2. The minimum Gasteiger partial charge on any atom is -0.481 e. The van der Waals surface area contributed by atoms with E-state index in [-0.39, 0.29) is 18.7 Å². The monoisotopic (exact) mass is 227 g/mol. The highest BCUT2D eigenvalue weighted by molar-refractivity contribution is 5.76. The van der Waals surface area contributed by atoms with Crippen LogP contribution in [-0.4, -0.2) is 37.6 Å². The van der Waals surface area contributed by atoms with Crippen LogP contribution >= 0.6 is 0 Å². The van der Waals surface area contributed by atoms with E-state index in [0.717, 1.165) is 0 Å². The second kappa shape index (κ2) is 5.79. The van der Waals surface area contributed by atoms with Crippen molar-refractivity contribution in [2.45, 2.75) is 32.2 Å². The van der Waals surface area contributed by atoms with Crippen molar-refractivity contribution in [3.63, 3.8) is 0 Å². The zero-order chi connectivity index (χ0) is 12.0. The molecule has 0 saturated carbocycles. The van der Waals surface area contributed by atoms with E-state index in [2.05, 4.69) is 25.9 Å². The van der Waals surface area contributed by atoms with Gasteiger partial charge in [-0.1, -0.05) is 12.1 Å². The fourth-order valence-electron chi connectivity index (χ4n) is 1.15. The maximum atomic E-state index is 11.2. The molecular weight excluding hydrogens is 214 g/mol. The number of carbonyl (C=O) groups is 2. The van der Waals surface area contributed by atoms with Gasteiger partial charge >= 0.3 is 5.97 Å². The second-order valence-electron chi connectivity index (χ2n) is 3.18. The Morgan fingerprint density at radius 3 is 2.81 bits per heavy atom. The Hall–Kier alpha value is -1.99. The van der Waals surface area contributed by atoms with E-state index in [1.54, 1.807) is 6.92 Å². The molecule has 8 nitrogen and oxygen atoms in total. The summed E-state index contributed by atoms with van der Waals surface area (Å²) in [5, 5.41) is 24.3. The summed E-state index contributed by atoms with van der Waals surface area (Å²) in [6.07, 6.45) is 0.491. The Labute approximate surface area is 91.4 Å². The molecule has 0 aromatic carbocycles. The lowest BCUT2D eigenvalue weighted by atomic mass is 10.1. The highest BCUT2D eigenvalue weighted by Gasteiger charge is 2.18. The van der Waals surface area contributed by atoms with E-state index in [4.69, 9.17) is 5.11 Å². The summed E-state index contributed by atoms with van der Waals surface area (Å²) in [6, 6.07) is -0.512. The third-order valence-corrected chi connectivity index (χ3v) is 1.98. The van der Waals surface area contributed by atoms with Crippen LogP contribution in [0.4, 0.5) is 0 Å². The number of aliphatic carboxylic acids is 1. The van der Waals surface area contributed by atoms with Crippen molar-refractivity contribution in [1.29, 1.82) is 0 Å². The highest BCUT2D eigenvalue weighted by Crippen LogP contribution is 2.13. The van der Waals surface area contributed by atoms with Crippen molar-refractivity contribution in [3.8, 4) is 0 Å². The molecule has 0 fully saturated rings. The van der Waals surface area contributed by atoms with Crippen molar-refractivity contribution in [2.24, 2.45) is 0 Å². The molecule has 0 spiro atoms. The van der Waals surface area contributed by atoms with Crippen LogP contribution in [0.15, 0.2) is 0 Å². The summed E-state index contributed by atoms with van der Waals surface area (Å²) in [5.74, 6) is -0.817. The van der Waals surface area contributed by atoms with Gasteiger partial charge in [0.2, 0.25) is 5.91 Å².